The third kappa shape index (κ3) is 6.53. The number of ether oxygens (including phenoxy) is 2. The Kier molecular flexibility index (Phi) is 9.04. The maximum atomic E-state index is 13.5. The van der Waals surface area contributed by atoms with Crippen molar-refractivity contribution in [1.82, 2.24) is 20.4 Å². The van der Waals surface area contributed by atoms with Crippen LogP contribution in [0, 0.1) is 5.92 Å². The molecule has 5 rings (SSSR count). The van der Waals surface area contributed by atoms with Crippen molar-refractivity contribution in [3.8, 4) is 11.5 Å². The van der Waals surface area contributed by atoms with Crippen molar-refractivity contribution < 1.29 is 14.3 Å². The molecule has 1 aromatic carbocycles. The number of piperidine rings is 1. The molecule has 200 valence electrons. The van der Waals surface area contributed by atoms with Gasteiger partial charge in [0.05, 0.1) is 6.04 Å². The van der Waals surface area contributed by atoms with E-state index in [1.807, 2.05) is 12.1 Å². The second-order valence-electron chi connectivity index (χ2n) is 11.4. The van der Waals surface area contributed by atoms with Crippen molar-refractivity contribution in [3.05, 3.63) is 23.8 Å². The minimum atomic E-state index is -0.0201. The summed E-state index contributed by atoms with van der Waals surface area (Å²) in [5.74, 6) is 2.64. The first-order valence-corrected chi connectivity index (χ1v) is 14.6. The van der Waals surface area contributed by atoms with Crippen molar-refractivity contribution in [1.29, 1.82) is 0 Å². The van der Waals surface area contributed by atoms with Gasteiger partial charge in [-0.2, -0.15) is 0 Å². The van der Waals surface area contributed by atoms with Crippen LogP contribution < -0.4 is 20.1 Å². The average Bonchev–Trinajstić information content (AvgIpc) is 3.56. The zero-order valence-corrected chi connectivity index (χ0v) is 22.2. The standard InChI is InChI=1S/C29H46N4O3/c1-2-14-32-15-11-25(12-16-32)33-20-24(31-19-23-6-4-3-5-7-23)18-26(33)29(34)30-13-10-22-8-9-27-28(17-22)36-21-35-27/h8-9,17,23-26,31H,2-7,10-16,18-21H2,1H3,(H,30,34)/t24-,26-/m0/s1. The van der Waals surface area contributed by atoms with E-state index < -0.39 is 0 Å². The Bertz CT molecular complexity index is 851. The quantitative estimate of drug-likeness (QED) is 0.514. The van der Waals surface area contributed by atoms with Crippen LogP contribution in [0.5, 0.6) is 11.5 Å². The van der Waals surface area contributed by atoms with Crippen molar-refractivity contribution in [2.75, 3.05) is 46.1 Å². The van der Waals surface area contributed by atoms with Crippen molar-refractivity contribution >= 4 is 5.91 Å². The predicted molar refractivity (Wildman–Crippen MR) is 143 cm³/mol. The second kappa shape index (κ2) is 12.6. The summed E-state index contributed by atoms with van der Waals surface area (Å²) in [6.45, 7) is 8.85. The first-order valence-electron chi connectivity index (χ1n) is 14.6. The largest absolute Gasteiger partial charge is 0.454 e. The van der Waals surface area contributed by atoms with Crippen LogP contribution in [0.25, 0.3) is 0 Å². The van der Waals surface area contributed by atoms with Gasteiger partial charge in [0.1, 0.15) is 0 Å². The van der Waals surface area contributed by atoms with E-state index in [9.17, 15) is 4.79 Å². The van der Waals surface area contributed by atoms with Crippen LogP contribution in [0.1, 0.15) is 70.3 Å². The highest BCUT2D eigenvalue weighted by Gasteiger charge is 2.41. The lowest BCUT2D eigenvalue weighted by atomic mass is 9.89. The van der Waals surface area contributed by atoms with Crippen LogP contribution in [-0.2, 0) is 11.2 Å². The van der Waals surface area contributed by atoms with E-state index in [0.717, 1.165) is 62.0 Å². The molecule has 1 aromatic rings. The lowest BCUT2D eigenvalue weighted by Gasteiger charge is -2.39. The molecule has 0 radical (unpaired) electrons. The number of amides is 1. The van der Waals surface area contributed by atoms with Crippen LogP contribution in [0.4, 0.5) is 0 Å². The summed E-state index contributed by atoms with van der Waals surface area (Å²) >= 11 is 0. The van der Waals surface area contributed by atoms with Crippen LogP contribution in [0.3, 0.4) is 0 Å². The Labute approximate surface area is 217 Å². The number of likely N-dealkylation sites (tertiary alicyclic amines) is 2. The Morgan fingerprint density at radius 1 is 1.06 bits per heavy atom. The number of nitrogens with one attached hydrogen (secondary N) is 2. The van der Waals surface area contributed by atoms with Crippen molar-refractivity contribution in [3.63, 3.8) is 0 Å². The van der Waals surface area contributed by atoms with Gasteiger partial charge in [0, 0.05) is 25.2 Å². The van der Waals surface area contributed by atoms with E-state index in [-0.39, 0.29) is 11.9 Å². The molecule has 1 saturated carbocycles. The molecule has 7 heteroatoms. The second-order valence-corrected chi connectivity index (χ2v) is 11.4. The number of hydrogen-bond donors (Lipinski definition) is 2. The Morgan fingerprint density at radius 2 is 1.86 bits per heavy atom. The minimum Gasteiger partial charge on any atom is -0.454 e. The van der Waals surface area contributed by atoms with E-state index in [1.54, 1.807) is 0 Å². The lowest BCUT2D eigenvalue weighted by Crippen LogP contribution is -2.51. The molecule has 36 heavy (non-hydrogen) atoms. The fraction of sp³-hybridized carbons (Fsp3) is 0.759. The fourth-order valence-electron chi connectivity index (χ4n) is 6.73. The van der Waals surface area contributed by atoms with E-state index in [4.69, 9.17) is 9.47 Å². The van der Waals surface area contributed by atoms with Gasteiger partial charge in [0.25, 0.3) is 0 Å². The highest BCUT2D eigenvalue weighted by molar-refractivity contribution is 5.82. The average molecular weight is 499 g/mol. The maximum Gasteiger partial charge on any atom is 0.237 e. The van der Waals surface area contributed by atoms with Crippen molar-refractivity contribution in [2.24, 2.45) is 5.92 Å². The predicted octanol–water partition coefficient (Wildman–Crippen LogP) is 3.56. The molecule has 3 heterocycles. The highest BCUT2D eigenvalue weighted by atomic mass is 16.7. The number of benzene rings is 1. The molecule has 3 fully saturated rings. The summed E-state index contributed by atoms with van der Waals surface area (Å²) in [6.07, 6.45) is 12.2. The Balaban J connectivity index is 1.15. The number of carbonyl (C=O) groups excluding carboxylic acids is 1. The SMILES string of the molecule is CCCN1CCC(N2C[C@@H](NCC3CCCCC3)C[C@H]2C(=O)NCCc2ccc3c(c2)OCO3)CC1. The summed E-state index contributed by atoms with van der Waals surface area (Å²) in [6, 6.07) is 6.98. The zero-order valence-electron chi connectivity index (χ0n) is 22.2. The number of carbonyl (C=O) groups is 1. The number of hydrogen-bond acceptors (Lipinski definition) is 6. The molecule has 4 aliphatic rings. The molecule has 1 aliphatic carbocycles. The van der Waals surface area contributed by atoms with Crippen LogP contribution in [0.15, 0.2) is 18.2 Å². The van der Waals surface area contributed by atoms with E-state index in [2.05, 4.69) is 33.4 Å². The summed E-state index contributed by atoms with van der Waals surface area (Å²) in [5, 5.41) is 7.16. The van der Waals surface area contributed by atoms with Gasteiger partial charge in [0.2, 0.25) is 12.7 Å². The van der Waals surface area contributed by atoms with Crippen LogP contribution in [0.2, 0.25) is 0 Å². The molecule has 0 spiro atoms. The fourth-order valence-corrected chi connectivity index (χ4v) is 6.73. The van der Waals surface area contributed by atoms with Crippen LogP contribution in [-0.4, -0.2) is 79.9 Å². The first kappa shape index (κ1) is 25.8. The van der Waals surface area contributed by atoms with E-state index in [0.29, 0.717) is 25.4 Å². The summed E-state index contributed by atoms with van der Waals surface area (Å²) < 4.78 is 10.9. The number of fused-ring (bicyclic) bond motifs is 1. The van der Waals surface area contributed by atoms with Gasteiger partial charge in [-0.05, 0) is 94.7 Å². The molecule has 3 aliphatic heterocycles. The van der Waals surface area contributed by atoms with Gasteiger partial charge in [-0.3, -0.25) is 9.69 Å². The van der Waals surface area contributed by atoms with Crippen molar-refractivity contribution in [2.45, 2.75) is 89.3 Å². The molecular formula is C29H46N4O3. The summed E-state index contributed by atoms with van der Waals surface area (Å²) in [7, 11) is 0. The minimum absolute atomic E-state index is 0.0201. The Morgan fingerprint density at radius 3 is 2.67 bits per heavy atom. The van der Waals surface area contributed by atoms with E-state index in [1.165, 1.54) is 57.9 Å². The highest BCUT2D eigenvalue weighted by Crippen LogP contribution is 2.32. The molecule has 2 saturated heterocycles. The van der Waals surface area contributed by atoms with Gasteiger partial charge < -0.3 is 25.0 Å². The molecule has 0 aromatic heterocycles. The lowest BCUT2D eigenvalue weighted by molar-refractivity contribution is -0.126. The number of nitrogens with zero attached hydrogens (tertiary/aromatic N) is 2. The van der Waals surface area contributed by atoms with Gasteiger partial charge in [-0.1, -0.05) is 32.3 Å². The molecular weight excluding hydrogens is 452 g/mol. The van der Waals surface area contributed by atoms with Gasteiger partial charge >= 0.3 is 0 Å². The molecule has 7 nitrogen and oxygen atoms in total. The topological polar surface area (TPSA) is 66.1 Å². The maximum absolute atomic E-state index is 13.5. The zero-order chi connectivity index (χ0) is 24.7. The summed E-state index contributed by atoms with van der Waals surface area (Å²) in [4.78, 5) is 18.6. The van der Waals surface area contributed by atoms with Gasteiger partial charge in [0.15, 0.2) is 11.5 Å². The van der Waals surface area contributed by atoms with Gasteiger partial charge in [-0.15, -0.1) is 0 Å². The smallest absolute Gasteiger partial charge is 0.237 e. The van der Waals surface area contributed by atoms with Gasteiger partial charge in [-0.25, -0.2) is 0 Å². The Hall–Kier alpha value is -1.83. The monoisotopic (exact) mass is 498 g/mol. The van der Waals surface area contributed by atoms with E-state index >= 15 is 0 Å². The molecule has 2 atom stereocenters. The third-order valence-electron chi connectivity index (χ3n) is 8.78. The number of rotatable bonds is 10. The molecule has 0 unspecified atom stereocenters. The molecule has 1 amide bonds. The van der Waals surface area contributed by atoms with Crippen LogP contribution >= 0.6 is 0 Å². The molecule has 0 bridgehead atoms. The summed E-state index contributed by atoms with van der Waals surface area (Å²) in [5.41, 5.74) is 1.16. The first-order chi connectivity index (χ1) is 17.7. The normalized spacial score (nSPS) is 25.9. The molecule has 2 N–H and O–H groups in total. The third-order valence-corrected chi connectivity index (χ3v) is 8.78.